The minimum atomic E-state index is 0.854. The van der Waals surface area contributed by atoms with Crippen LogP contribution in [0.5, 0.6) is 0 Å². The first-order chi connectivity index (χ1) is 6.85. The van der Waals surface area contributed by atoms with Gasteiger partial charge in [0.15, 0.2) is 5.65 Å². The van der Waals surface area contributed by atoms with Crippen molar-refractivity contribution in [1.82, 2.24) is 15.0 Å². The molecule has 0 aliphatic rings. The van der Waals surface area contributed by atoms with Crippen molar-refractivity contribution in [2.24, 2.45) is 0 Å². The Morgan fingerprint density at radius 3 is 2.93 bits per heavy atom. The van der Waals surface area contributed by atoms with Crippen molar-refractivity contribution >= 4 is 11.2 Å². The number of H-pyrrole nitrogens is 1. The molecule has 2 rings (SSSR count). The Labute approximate surface area is 83.6 Å². The van der Waals surface area contributed by atoms with Gasteiger partial charge in [-0.3, -0.25) is 0 Å². The van der Waals surface area contributed by atoms with E-state index >= 15 is 0 Å². The van der Waals surface area contributed by atoms with Crippen LogP contribution in [0, 0.1) is 0 Å². The van der Waals surface area contributed by atoms with Gasteiger partial charge in [-0.15, -0.1) is 0 Å². The molecule has 0 fully saturated rings. The van der Waals surface area contributed by atoms with Crippen molar-refractivity contribution in [1.29, 1.82) is 0 Å². The molecule has 0 radical (unpaired) electrons. The lowest BCUT2D eigenvalue weighted by molar-refractivity contribution is 0.923. The fourth-order valence-electron chi connectivity index (χ4n) is 1.66. The molecule has 1 N–H and O–H groups in total. The first-order valence-electron chi connectivity index (χ1n) is 5.17. The molecule has 3 nitrogen and oxygen atoms in total. The van der Waals surface area contributed by atoms with Gasteiger partial charge in [-0.2, -0.15) is 0 Å². The van der Waals surface area contributed by atoms with Crippen molar-refractivity contribution in [2.45, 2.75) is 33.1 Å². The smallest absolute Gasteiger partial charge is 0.177 e. The number of hydrogen-bond donors (Lipinski definition) is 1. The van der Waals surface area contributed by atoms with Gasteiger partial charge in [0.2, 0.25) is 0 Å². The summed E-state index contributed by atoms with van der Waals surface area (Å²) in [6.07, 6.45) is 5.01. The predicted octanol–water partition coefficient (Wildman–Crippen LogP) is 2.47. The summed E-state index contributed by atoms with van der Waals surface area (Å²) in [6, 6.07) is 2.07. The molecule has 0 aliphatic heterocycles. The molecule has 0 aromatic carbocycles. The van der Waals surface area contributed by atoms with E-state index in [1.807, 2.05) is 6.20 Å². The lowest BCUT2D eigenvalue weighted by Crippen LogP contribution is -1.87. The maximum Gasteiger partial charge on any atom is 0.177 e. The van der Waals surface area contributed by atoms with Crippen molar-refractivity contribution in [3.05, 3.63) is 23.7 Å². The van der Waals surface area contributed by atoms with Crippen LogP contribution in [0.2, 0.25) is 0 Å². The standard InChI is InChI=1S/C11H15N3/c1-3-5-8-6-7-12-11-10(8)13-9(4-2)14-11/h6-7H,3-5H2,1-2H3,(H,12,13,14). The number of nitrogens with zero attached hydrogens (tertiary/aromatic N) is 2. The highest BCUT2D eigenvalue weighted by Crippen LogP contribution is 2.15. The first kappa shape index (κ1) is 9.19. The number of fused-ring (bicyclic) bond motifs is 1. The van der Waals surface area contributed by atoms with Crippen molar-refractivity contribution in [3.8, 4) is 0 Å². The molecule has 3 heteroatoms. The van der Waals surface area contributed by atoms with Gasteiger partial charge < -0.3 is 4.98 Å². The summed E-state index contributed by atoms with van der Waals surface area (Å²) >= 11 is 0. The molecule has 14 heavy (non-hydrogen) atoms. The number of rotatable bonds is 3. The van der Waals surface area contributed by atoms with Crippen LogP contribution < -0.4 is 0 Å². The van der Waals surface area contributed by atoms with Gasteiger partial charge in [0.05, 0.1) is 5.52 Å². The predicted molar refractivity (Wildman–Crippen MR) is 57.3 cm³/mol. The third kappa shape index (κ3) is 1.50. The average Bonchev–Trinajstić information content (AvgIpc) is 2.62. The molecule has 0 amide bonds. The lowest BCUT2D eigenvalue weighted by Gasteiger charge is -1.98. The summed E-state index contributed by atoms with van der Waals surface area (Å²) in [4.78, 5) is 12.0. The maximum atomic E-state index is 4.41. The summed E-state index contributed by atoms with van der Waals surface area (Å²) in [5.74, 6) is 1.02. The summed E-state index contributed by atoms with van der Waals surface area (Å²) in [6.45, 7) is 4.28. The first-order valence-corrected chi connectivity index (χ1v) is 5.17. The highest BCUT2D eigenvalue weighted by Gasteiger charge is 2.05. The SMILES string of the molecule is CCCc1ccnc2nc(CC)[nH]c12. The summed E-state index contributed by atoms with van der Waals surface area (Å²) < 4.78 is 0. The molecule has 0 unspecified atom stereocenters. The molecule has 2 heterocycles. The summed E-state index contributed by atoms with van der Waals surface area (Å²) in [5, 5.41) is 0. The van der Waals surface area contributed by atoms with E-state index in [9.17, 15) is 0 Å². The Morgan fingerprint density at radius 2 is 2.21 bits per heavy atom. The van der Waals surface area contributed by atoms with Gasteiger partial charge >= 0.3 is 0 Å². The largest absolute Gasteiger partial charge is 0.340 e. The Kier molecular flexibility index (Phi) is 2.48. The molecule has 0 atom stereocenters. The fraction of sp³-hybridized carbons (Fsp3) is 0.455. The van der Waals surface area contributed by atoms with E-state index in [2.05, 4.69) is 34.9 Å². The highest BCUT2D eigenvalue weighted by molar-refractivity contribution is 5.74. The Bertz CT molecular complexity index is 431. The Morgan fingerprint density at radius 1 is 1.36 bits per heavy atom. The third-order valence-corrected chi connectivity index (χ3v) is 2.38. The van der Waals surface area contributed by atoms with Gasteiger partial charge in [-0.1, -0.05) is 20.3 Å². The van der Waals surface area contributed by atoms with Crippen molar-refractivity contribution in [2.75, 3.05) is 0 Å². The molecular formula is C11H15N3. The number of aryl methyl sites for hydroxylation is 2. The van der Waals surface area contributed by atoms with Crippen LogP contribution in [-0.4, -0.2) is 15.0 Å². The Hall–Kier alpha value is -1.38. The number of nitrogens with one attached hydrogen (secondary N) is 1. The second-order valence-corrected chi connectivity index (χ2v) is 3.46. The molecule has 2 aromatic heterocycles. The zero-order valence-corrected chi connectivity index (χ0v) is 8.67. The molecule has 0 saturated heterocycles. The fourth-order valence-corrected chi connectivity index (χ4v) is 1.66. The number of aromatic nitrogens is 3. The average molecular weight is 189 g/mol. The molecular weight excluding hydrogens is 174 g/mol. The third-order valence-electron chi connectivity index (χ3n) is 2.38. The Balaban J connectivity index is 2.55. The number of imidazole rings is 1. The van der Waals surface area contributed by atoms with Crippen LogP contribution in [0.4, 0.5) is 0 Å². The van der Waals surface area contributed by atoms with Crippen molar-refractivity contribution in [3.63, 3.8) is 0 Å². The van der Waals surface area contributed by atoms with E-state index in [0.29, 0.717) is 0 Å². The van der Waals surface area contributed by atoms with Gasteiger partial charge in [-0.05, 0) is 18.1 Å². The highest BCUT2D eigenvalue weighted by atomic mass is 15.0. The van der Waals surface area contributed by atoms with E-state index in [0.717, 1.165) is 36.3 Å². The van der Waals surface area contributed by atoms with E-state index in [4.69, 9.17) is 0 Å². The molecule has 0 aliphatic carbocycles. The van der Waals surface area contributed by atoms with Crippen LogP contribution in [0.15, 0.2) is 12.3 Å². The van der Waals surface area contributed by atoms with Crippen LogP contribution >= 0.6 is 0 Å². The minimum absolute atomic E-state index is 0.854. The van der Waals surface area contributed by atoms with E-state index in [1.165, 1.54) is 5.56 Å². The topological polar surface area (TPSA) is 41.6 Å². The second-order valence-electron chi connectivity index (χ2n) is 3.46. The summed E-state index contributed by atoms with van der Waals surface area (Å²) in [5.41, 5.74) is 3.30. The zero-order valence-electron chi connectivity index (χ0n) is 8.67. The zero-order chi connectivity index (χ0) is 9.97. The molecule has 2 aromatic rings. The van der Waals surface area contributed by atoms with E-state index in [-0.39, 0.29) is 0 Å². The normalized spacial score (nSPS) is 11.0. The number of aromatic amines is 1. The van der Waals surface area contributed by atoms with Crippen LogP contribution in [0.25, 0.3) is 11.2 Å². The lowest BCUT2D eigenvalue weighted by atomic mass is 10.1. The molecule has 0 spiro atoms. The van der Waals surface area contributed by atoms with E-state index in [1.54, 1.807) is 0 Å². The molecule has 74 valence electrons. The van der Waals surface area contributed by atoms with Gasteiger partial charge in [-0.25, -0.2) is 9.97 Å². The minimum Gasteiger partial charge on any atom is -0.340 e. The second kappa shape index (κ2) is 3.78. The van der Waals surface area contributed by atoms with Gasteiger partial charge in [0, 0.05) is 12.6 Å². The quantitative estimate of drug-likeness (QED) is 0.805. The van der Waals surface area contributed by atoms with Crippen molar-refractivity contribution < 1.29 is 0 Å². The maximum absolute atomic E-state index is 4.41. The number of pyridine rings is 1. The van der Waals surface area contributed by atoms with Gasteiger partial charge in [0.1, 0.15) is 5.82 Å². The van der Waals surface area contributed by atoms with Crippen LogP contribution in [0.1, 0.15) is 31.7 Å². The van der Waals surface area contributed by atoms with E-state index < -0.39 is 0 Å². The van der Waals surface area contributed by atoms with Gasteiger partial charge in [0.25, 0.3) is 0 Å². The molecule has 0 bridgehead atoms. The number of hydrogen-bond acceptors (Lipinski definition) is 2. The molecule has 0 saturated carbocycles. The monoisotopic (exact) mass is 189 g/mol. The van der Waals surface area contributed by atoms with Crippen LogP contribution in [-0.2, 0) is 12.8 Å². The summed E-state index contributed by atoms with van der Waals surface area (Å²) in [7, 11) is 0. The van der Waals surface area contributed by atoms with Crippen LogP contribution in [0.3, 0.4) is 0 Å².